The van der Waals surface area contributed by atoms with Gasteiger partial charge in [-0.1, -0.05) is 42.5 Å². The molecule has 5 N–H and O–H groups in total. The van der Waals surface area contributed by atoms with Gasteiger partial charge in [-0.15, -0.1) is 12.4 Å². The van der Waals surface area contributed by atoms with Gasteiger partial charge < -0.3 is 25.7 Å². The van der Waals surface area contributed by atoms with E-state index in [4.69, 9.17) is 10.5 Å². The lowest BCUT2D eigenvalue weighted by molar-refractivity contribution is -0.138. The standard InChI is InChI=1S/C31H33N5O4.ClH/c1-31(2,32)29(38)35-27(17-22-18-33-26-11-7-6-10-25(22)26)28(37)36-15-14-20-16-24(13-12-21(20)19-36)40-30(39)34-23-8-4-3-5-9-23;/h3-13,16,18,27,33H,14-15,17,19,32H2,1-2H3,(H,34,39)(H,35,38);1H/t27-;/m1./s1. The normalized spacial score (nSPS) is 13.5. The molecule has 0 saturated carbocycles. The van der Waals surface area contributed by atoms with Gasteiger partial charge in [0.25, 0.3) is 0 Å². The van der Waals surface area contributed by atoms with Crippen LogP contribution < -0.4 is 21.1 Å². The number of halogens is 1. The van der Waals surface area contributed by atoms with Crippen molar-refractivity contribution in [2.45, 2.75) is 44.8 Å². The quantitative estimate of drug-likeness (QED) is 0.257. The van der Waals surface area contributed by atoms with E-state index < -0.39 is 23.6 Å². The van der Waals surface area contributed by atoms with E-state index in [1.54, 1.807) is 36.9 Å². The first-order chi connectivity index (χ1) is 19.2. The summed E-state index contributed by atoms with van der Waals surface area (Å²) in [5, 5.41) is 6.61. The average Bonchev–Trinajstić information content (AvgIpc) is 3.34. The highest BCUT2D eigenvalue weighted by atomic mass is 35.5. The number of H-pyrrole nitrogens is 1. The number of benzene rings is 3. The van der Waals surface area contributed by atoms with E-state index in [0.717, 1.165) is 27.6 Å². The summed E-state index contributed by atoms with van der Waals surface area (Å²) in [5.74, 6) is -0.128. The van der Waals surface area contributed by atoms with E-state index in [0.29, 0.717) is 37.4 Å². The minimum atomic E-state index is -1.13. The minimum absolute atomic E-state index is 0. The van der Waals surface area contributed by atoms with Gasteiger partial charge in [0.15, 0.2) is 0 Å². The highest BCUT2D eigenvalue weighted by Crippen LogP contribution is 2.26. The second-order valence-electron chi connectivity index (χ2n) is 10.6. The molecule has 9 nitrogen and oxygen atoms in total. The molecule has 1 atom stereocenters. The zero-order valence-corrected chi connectivity index (χ0v) is 23.8. The molecule has 1 aliphatic rings. The number of nitrogens with zero attached hydrogens (tertiary/aromatic N) is 1. The lowest BCUT2D eigenvalue weighted by Gasteiger charge is -2.33. The molecule has 5 rings (SSSR count). The number of carbonyl (C=O) groups is 3. The minimum Gasteiger partial charge on any atom is -0.410 e. The van der Waals surface area contributed by atoms with Crippen LogP contribution in [0.25, 0.3) is 10.9 Å². The van der Waals surface area contributed by atoms with Gasteiger partial charge in [-0.2, -0.15) is 0 Å². The van der Waals surface area contributed by atoms with Crippen molar-refractivity contribution in [3.05, 3.63) is 95.7 Å². The second-order valence-corrected chi connectivity index (χ2v) is 10.6. The van der Waals surface area contributed by atoms with E-state index in [1.807, 2.05) is 60.8 Å². The summed E-state index contributed by atoms with van der Waals surface area (Å²) in [5.41, 5.74) is 9.44. The molecule has 0 aliphatic carbocycles. The lowest BCUT2D eigenvalue weighted by atomic mass is 9.97. The average molecular weight is 576 g/mol. The van der Waals surface area contributed by atoms with Gasteiger partial charge in [0.1, 0.15) is 11.8 Å². The van der Waals surface area contributed by atoms with Crippen LogP contribution in [0.15, 0.2) is 79.0 Å². The van der Waals surface area contributed by atoms with E-state index in [1.165, 1.54) is 0 Å². The van der Waals surface area contributed by atoms with Crippen LogP contribution in [0.3, 0.4) is 0 Å². The van der Waals surface area contributed by atoms with Gasteiger partial charge >= 0.3 is 6.09 Å². The van der Waals surface area contributed by atoms with Crippen LogP contribution in [0.5, 0.6) is 5.75 Å². The largest absolute Gasteiger partial charge is 0.417 e. The number of para-hydroxylation sites is 2. The Morgan fingerprint density at radius 1 is 1.02 bits per heavy atom. The molecular formula is C31H34ClN5O4. The number of carbonyl (C=O) groups excluding carboxylic acids is 3. The predicted octanol–water partition coefficient (Wildman–Crippen LogP) is 4.55. The van der Waals surface area contributed by atoms with E-state index in [-0.39, 0.29) is 18.3 Å². The van der Waals surface area contributed by atoms with E-state index in [2.05, 4.69) is 15.6 Å². The number of aromatic amines is 1. The first-order valence-corrected chi connectivity index (χ1v) is 13.3. The Kier molecular flexibility index (Phi) is 9.00. The van der Waals surface area contributed by atoms with Crippen LogP contribution >= 0.6 is 12.4 Å². The Labute approximate surface area is 244 Å². The molecule has 1 aromatic heterocycles. The molecule has 0 unspecified atom stereocenters. The number of amides is 3. The molecular weight excluding hydrogens is 542 g/mol. The van der Waals surface area contributed by atoms with Gasteiger partial charge in [0, 0.05) is 42.3 Å². The Morgan fingerprint density at radius 2 is 1.76 bits per heavy atom. The SMILES string of the molecule is CC(C)(N)C(=O)N[C@H](Cc1c[nH]c2ccccc12)C(=O)N1CCc2cc(OC(=O)Nc3ccccc3)ccc2C1.Cl. The molecule has 41 heavy (non-hydrogen) atoms. The van der Waals surface area contributed by atoms with Crippen LogP contribution in [0.4, 0.5) is 10.5 Å². The predicted molar refractivity (Wildman–Crippen MR) is 161 cm³/mol. The van der Waals surface area contributed by atoms with Crippen molar-refractivity contribution in [1.82, 2.24) is 15.2 Å². The number of anilines is 1. The van der Waals surface area contributed by atoms with Crippen molar-refractivity contribution in [2.75, 3.05) is 11.9 Å². The summed E-state index contributed by atoms with van der Waals surface area (Å²) in [6.45, 7) is 4.09. The zero-order valence-electron chi connectivity index (χ0n) is 23.0. The highest BCUT2D eigenvalue weighted by Gasteiger charge is 2.32. The smallest absolute Gasteiger partial charge is 0.410 e. The number of rotatable bonds is 7. The number of hydrogen-bond acceptors (Lipinski definition) is 5. The maximum Gasteiger partial charge on any atom is 0.417 e. The molecule has 0 radical (unpaired) electrons. The number of aromatic nitrogens is 1. The lowest BCUT2D eigenvalue weighted by Crippen LogP contribution is -2.57. The van der Waals surface area contributed by atoms with Crippen molar-refractivity contribution >= 4 is 46.9 Å². The molecule has 3 aromatic carbocycles. The maximum absolute atomic E-state index is 13.8. The summed E-state index contributed by atoms with van der Waals surface area (Å²) >= 11 is 0. The Balaban J connectivity index is 0.00000387. The third kappa shape index (κ3) is 7.06. The molecule has 0 fully saturated rings. The van der Waals surface area contributed by atoms with Crippen molar-refractivity contribution < 1.29 is 19.1 Å². The fourth-order valence-corrected chi connectivity index (χ4v) is 4.84. The molecule has 4 aromatic rings. The summed E-state index contributed by atoms with van der Waals surface area (Å²) in [6, 6.07) is 21.6. The van der Waals surface area contributed by atoms with Gasteiger partial charge in [-0.3, -0.25) is 14.9 Å². The first kappa shape index (κ1) is 29.6. The van der Waals surface area contributed by atoms with Crippen LogP contribution in [0.2, 0.25) is 0 Å². The van der Waals surface area contributed by atoms with Gasteiger partial charge in [0.2, 0.25) is 11.8 Å². The third-order valence-corrected chi connectivity index (χ3v) is 7.02. The Hall–Kier alpha value is -4.34. The monoisotopic (exact) mass is 575 g/mol. The van der Waals surface area contributed by atoms with Crippen molar-refractivity contribution in [3.63, 3.8) is 0 Å². The summed E-state index contributed by atoms with van der Waals surface area (Å²) in [4.78, 5) is 43.9. The topological polar surface area (TPSA) is 130 Å². The first-order valence-electron chi connectivity index (χ1n) is 13.3. The van der Waals surface area contributed by atoms with Gasteiger partial charge in [-0.25, -0.2) is 4.79 Å². The molecule has 10 heteroatoms. The molecule has 0 bridgehead atoms. The fraction of sp³-hybridized carbons (Fsp3) is 0.258. The van der Waals surface area contributed by atoms with Crippen LogP contribution in [-0.2, 0) is 29.0 Å². The number of nitrogens with one attached hydrogen (secondary N) is 3. The van der Waals surface area contributed by atoms with Gasteiger partial charge in [-0.05, 0) is 67.3 Å². The van der Waals surface area contributed by atoms with Crippen LogP contribution in [0.1, 0.15) is 30.5 Å². The fourth-order valence-electron chi connectivity index (χ4n) is 4.84. The van der Waals surface area contributed by atoms with E-state index >= 15 is 0 Å². The van der Waals surface area contributed by atoms with E-state index in [9.17, 15) is 14.4 Å². The maximum atomic E-state index is 13.8. The number of hydrogen-bond donors (Lipinski definition) is 4. The summed E-state index contributed by atoms with van der Waals surface area (Å²) < 4.78 is 5.47. The second kappa shape index (κ2) is 12.4. The zero-order chi connectivity index (χ0) is 28.3. The highest BCUT2D eigenvalue weighted by molar-refractivity contribution is 5.92. The molecule has 1 aliphatic heterocycles. The molecule has 214 valence electrons. The third-order valence-electron chi connectivity index (χ3n) is 7.02. The molecule has 0 saturated heterocycles. The van der Waals surface area contributed by atoms with Crippen molar-refractivity contribution in [1.29, 1.82) is 0 Å². The molecule has 2 heterocycles. The molecule has 0 spiro atoms. The van der Waals surface area contributed by atoms with Crippen LogP contribution in [0, 0.1) is 0 Å². The van der Waals surface area contributed by atoms with Gasteiger partial charge in [0.05, 0.1) is 5.54 Å². The Morgan fingerprint density at radius 3 is 2.51 bits per heavy atom. The van der Waals surface area contributed by atoms with Crippen molar-refractivity contribution in [3.8, 4) is 5.75 Å². The summed E-state index contributed by atoms with van der Waals surface area (Å²) in [6.07, 6.45) is 2.23. The number of nitrogens with two attached hydrogens (primary N) is 1. The van der Waals surface area contributed by atoms with Crippen LogP contribution in [-0.4, -0.2) is 45.9 Å². The Bertz CT molecular complexity index is 1550. The summed E-state index contributed by atoms with van der Waals surface area (Å²) in [7, 11) is 0. The number of ether oxygens (including phenoxy) is 1. The molecule has 3 amide bonds. The number of fused-ring (bicyclic) bond motifs is 2. The van der Waals surface area contributed by atoms with Crippen molar-refractivity contribution in [2.24, 2.45) is 5.73 Å².